The molecule has 0 fully saturated rings. The lowest BCUT2D eigenvalue weighted by molar-refractivity contribution is 0.102. The number of amides is 1. The van der Waals surface area contributed by atoms with E-state index in [4.69, 9.17) is 0 Å². The Morgan fingerprint density at radius 2 is 2.24 bits per heavy atom. The van der Waals surface area contributed by atoms with Crippen LogP contribution in [0.1, 0.15) is 22.3 Å². The van der Waals surface area contributed by atoms with Gasteiger partial charge in [-0.25, -0.2) is 4.39 Å². The molecule has 6 heteroatoms. The van der Waals surface area contributed by atoms with E-state index in [9.17, 15) is 9.18 Å². The van der Waals surface area contributed by atoms with Crippen LogP contribution in [-0.4, -0.2) is 15.5 Å². The van der Waals surface area contributed by atoms with Crippen molar-refractivity contribution in [2.75, 3.05) is 5.32 Å². The van der Waals surface area contributed by atoms with Gasteiger partial charge in [0, 0.05) is 0 Å². The van der Waals surface area contributed by atoms with E-state index in [2.05, 4.69) is 14.9 Å². The fourth-order valence-corrected chi connectivity index (χ4v) is 2.00. The first kappa shape index (κ1) is 11.7. The summed E-state index contributed by atoms with van der Waals surface area (Å²) in [5.74, 6) is -0.835. The molecule has 0 saturated carbocycles. The number of halogens is 1. The Labute approximate surface area is 102 Å². The summed E-state index contributed by atoms with van der Waals surface area (Å²) in [5, 5.41) is 6.34. The van der Waals surface area contributed by atoms with Crippen molar-refractivity contribution in [2.45, 2.75) is 13.3 Å². The predicted octanol–water partition coefficient (Wildman–Crippen LogP) is 2.49. The largest absolute Gasteiger partial charge is 0.319 e. The van der Waals surface area contributed by atoms with Gasteiger partial charge in [-0.05, 0) is 30.1 Å². The Balaban J connectivity index is 2.20. The molecule has 0 radical (unpaired) electrons. The van der Waals surface area contributed by atoms with Crippen molar-refractivity contribution in [1.29, 1.82) is 0 Å². The quantitative estimate of drug-likeness (QED) is 0.911. The first-order chi connectivity index (χ1) is 8.22. The van der Waals surface area contributed by atoms with Gasteiger partial charge in [0.15, 0.2) is 0 Å². The summed E-state index contributed by atoms with van der Waals surface area (Å²) < 4.78 is 17.0. The molecular weight excluding hydrogens is 241 g/mol. The van der Waals surface area contributed by atoms with E-state index in [1.165, 1.54) is 12.1 Å². The molecular formula is C11H10FN3OS. The van der Waals surface area contributed by atoms with Crippen LogP contribution >= 0.6 is 11.5 Å². The van der Waals surface area contributed by atoms with Crippen LogP contribution in [0.2, 0.25) is 0 Å². The maximum Gasteiger partial charge on any atom is 0.269 e. The first-order valence-corrected chi connectivity index (χ1v) is 5.86. The third-order valence-corrected chi connectivity index (χ3v) is 2.99. The van der Waals surface area contributed by atoms with Crippen molar-refractivity contribution >= 4 is 23.1 Å². The molecule has 0 bridgehead atoms. The summed E-state index contributed by atoms with van der Waals surface area (Å²) in [4.78, 5) is 12.3. The predicted molar refractivity (Wildman–Crippen MR) is 63.6 cm³/mol. The Kier molecular flexibility index (Phi) is 3.43. The first-order valence-electron chi connectivity index (χ1n) is 5.09. The monoisotopic (exact) mass is 251 g/mol. The Hall–Kier alpha value is -1.82. The maximum absolute atomic E-state index is 13.3. The lowest BCUT2D eigenvalue weighted by Crippen LogP contribution is -2.13. The van der Waals surface area contributed by atoms with E-state index in [0.29, 0.717) is 17.0 Å². The fourth-order valence-electron chi connectivity index (χ4n) is 1.35. The molecule has 1 aromatic heterocycles. The highest BCUT2D eigenvalue weighted by atomic mass is 32.1. The second-order valence-corrected chi connectivity index (χ2v) is 4.09. The normalized spacial score (nSPS) is 10.2. The molecule has 1 aromatic carbocycles. The summed E-state index contributed by atoms with van der Waals surface area (Å²) >= 11 is 1.01. The molecule has 1 N–H and O–H groups in total. The van der Waals surface area contributed by atoms with Gasteiger partial charge >= 0.3 is 0 Å². The van der Waals surface area contributed by atoms with Crippen molar-refractivity contribution in [1.82, 2.24) is 9.59 Å². The summed E-state index contributed by atoms with van der Waals surface area (Å²) in [5.41, 5.74) is 0.789. The van der Waals surface area contributed by atoms with Crippen molar-refractivity contribution in [3.8, 4) is 0 Å². The smallest absolute Gasteiger partial charge is 0.269 e. The standard InChI is InChI=1S/C11H10FN3OS/c1-2-8-10(17-15-14-8)11(16)13-9-6-4-3-5-7(9)12/h3-6H,2H2,1H3,(H,13,16). The highest BCUT2D eigenvalue weighted by molar-refractivity contribution is 7.08. The second kappa shape index (κ2) is 5.01. The van der Waals surface area contributed by atoms with Crippen LogP contribution in [0.15, 0.2) is 24.3 Å². The molecule has 0 aliphatic heterocycles. The number of carbonyl (C=O) groups is 1. The van der Waals surface area contributed by atoms with Gasteiger partial charge in [0.1, 0.15) is 10.7 Å². The number of aromatic nitrogens is 2. The number of anilines is 1. The van der Waals surface area contributed by atoms with E-state index >= 15 is 0 Å². The third kappa shape index (κ3) is 2.47. The number of aryl methyl sites for hydroxylation is 1. The number of para-hydroxylation sites is 1. The average molecular weight is 251 g/mol. The molecule has 1 amide bonds. The van der Waals surface area contributed by atoms with Crippen LogP contribution < -0.4 is 5.32 Å². The van der Waals surface area contributed by atoms with Crippen LogP contribution in [0.4, 0.5) is 10.1 Å². The van der Waals surface area contributed by atoms with Crippen molar-refractivity contribution < 1.29 is 9.18 Å². The fraction of sp³-hybridized carbons (Fsp3) is 0.182. The molecule has 88 valence electrons. The van der Waals surface area contributed by atoms with E-state index in [1.807, 2.05) is 6.92 Å². The Morgan fingerprint density at radius 3 is 2.94 bits per heavy atom. The molecule has 0 saturated heterocycles. The van der Waals surface area contributed by atoms with Crippen LogP contribution in [0.3, 0.4) is 0 Å². The maximum atomic E-state index is 13.3. The molecule has 0 aliphatic rings. The number of benzene rings is 1. The number of nitrogens with zero attached hydrogens (tertiary/aromatic N) is 2. The van der Waals surface area contributed by atoms with Gasteiger partial charge in [-0.15, -0.1) is 5.10 Å². The zero-order chi connectivity index (χ0) is 12.3. The average Bonchev–Trinajstić information content (AvgIpc) is 2.80. The van der Waals surface area contributed by atoms with Gasteiger partial charge in [-0.2, -0.15) is 0 Å². The van der Waals surface area contributed by atoms with Crippen LogP contribution in [0, 0.1) is 5.82 Å². The molecule has 2 aromatic rings. The zero-order valence-electron chi connectivity index (χ0n) is 9.11. The van der Waals surface area contributed by atoms with E-state index in [0.717, 1.165) is 11.5 Å². The SMILES string of the molecule is CCc1nnsc1C(=O)Nc1ccccc1F. The van der Waals surface area contributed by atoms with Crippen molar-refractivity contribution in [3.05, 3.63) is 40.7 Å². The molecule has 0 aliphatic carbocycles. The van der Waals surface area contributed by atoms with Crippen molar-refractivity contribution in [2.24, 2.45) is 0 Å². The second-order valence-electron chi connectivity index (χ2n) is 3.34. The lowest BCUT2D eigenvalue weighted by atomic mass is 10.2. The van der Waals surface area contributed by atoms with Crippen molar-refractivity contribution in [3.63, 3.8) is 0 Å². The lowest BCUT2D eigenvalue weighted by Gasteiger charge is -2.04. The van der Waals surface area contributed by atoms with Gasteiger partial charge < -0.3 is 5.32 Å². The third-order valence-electron chi connectivity index (χ3n) is 2.22. The number of carbonyl (C=O) groups excluding carboxylic acids is 1. The Bertz CT molecular complexity index is 541. The van der Waals surface area contributed by atoms with Gasteiger partial charge in [-0.3, -0.25) is 4.79 Å². The molecule has 0 spiro atoms. The van der Waals surface area contributed by atoms with Gasteiger partial charge in [0.25, 0.3) is 5.91 Å². The minimum atomic E-state index is -0.462. The summed E-state index contributed by atoms with van der Waals surface area (Å²) in [7, 11) is 0. The van der Waals surface area contributed by atoms with Gasteiger partial charge in [-0.1, -0.05) is 23.5 Å². The molecule has 0 unspecified atom stereocenters. The van der Waals surface area contributed by atoms with E-state index in [1.54, 1.807) is 12.1 Å². The Morgan fingerprint density at radius 1 is 1.47 bits per heavy atom. The van der Waals surface area contributed by atoms with Crippen LogP contribution in [0.25, 0.3) is 0 Å². The minimum Gasteiger partial charge on any atom is -0.319 e. The summed E-state index contributed by atoms with van der Waals surface area (Å²) in [6.07, 6.45) is 0.622. The number of nitrogens with one attached hydrogen (secondary N) is 1. The number of hydrogen-bond donors (Lipinski definition) is 1. The summed E-state index contributed by atoms with van der Waals surface area (Å²) in [6, 6.07) is 6.02. The molecule has 17 heavy (non-hydrogen) atoms. The molecule has 2 rings (SSSR count). The number of hydrogen-bond acceptors (Lipinski definition) is 4. The molecule has 4 nitrogen and oxygen atoms in total. The minimum absolute atomic E-state index is 0.160. The zero-order valence-corrected chi connectivity index (χ0v) is 9.92. The van der Waals surface area contributed by atoms with E-state index in [-0.39, 0.29) is 11.6 Å². The van der Waals surface area contributed by atoms with Crippen LogP contribution in [0.5, 0.6) is 0 Å². The topological polar surface area (TPSA) is 54.9 Å². The molecule has 0 atom stereocenters. The van der Waals surface area contributed by atoms with Gasteiger partial charge in [0.05, 0.1) is 11.4 Å². The van der Waals surface area contributed by atoms with Gasteiger partial charge in [0.2, 0.25) is 0 Å². The molecule has 1 heterocycles. The highest BCUT2D eigenvalue weighted by Gasteiger charge is 2.16. The van der Waals surface area contributed by atoms with E-state index < -0.39 is 5.82 Å². The summed E-state index contributed by atoms with van der Waals surface area (Å²) in [6.45, 7) is 1.89. The number of rotatable bonds is 3. The highest BCUT2D eigenvalue weighted by Crippen LogP contribution is 2.17. The van der Waals surface area contributed by atoms with Crippen LogP contribution in [-0.2, 0) is 6.42 Å².